The first-order chi connectivity index (χ1) is 10.3. The van der Waals surface area contributed by atoms with Crippen molar-refractivity contribution in [1.29, 1.82) is 0 Å². The molecular weight excluding hydrogens is 296 g/mol. The topological polar surface area (TPSA) is 55.1 Å². The van der Waals surface area contributed by atoms with E-state index in [1.165, 1.54) is 24.0 Å². The van der Waals surface area contributed by atoms with Crippen molar-refractivity contribution in [2.24, 2.45) is 11.7 Å². The molecule has 1 aromatic rings. The van der Waals surface area contributed by atoms with Crippen LogP contribution in [0, 0.1) is 5.92 Å². The minimum Gasteiger partial charge on any atom is -0.353 e. The normalized spacial score (nSPS) is 26.9. The van der Waals surface area contributed by atoms with Crippen LogP contribution in [-0.2, 0) is 11.2 Å². The first kappa shape index (κ1) is 17.3. The smallest absolute Gasteiger partial charge is 0.220 e. The summed E-state index contributed by atoms with van der Waals surface area (Å²) in [6.45, 7) is 0.692. The van der Waals surface area contributed by atoms with Gasteiger partial charge in [0.15, 0.2) is 0 Å². The van der Waals surface area contributed by atoms with Gasteiger partial charge in [0, 0.05) is 12.5 Å². The summed E-state index contributed by atoms with van der Waals surface area (Å²) in [5.41, 5.74) is 8.62. The molecule has 0 aromatic heterocycles. The van der Waals surface area contributed by atoms with Crippen molar-refractivity contribution in [3.63, 3.8) is 0 Å². The highest BCUT2D eigenvalue weighted by Crippen LogP contribution is 2.34. The van der Waals surface area contributed by atoms with Gasteiger partial charge in [-0.1, -0.05) is 30.7 Å². The predicted molar refractivity (Wildman–Crippen MR) is 92.3 cm³/mol. The molecule has 22 heavy (non-hydrogen) atoms. The lowest BCUT2D eigenvalue weighted by Gasteiger charge is -2.26. The van der Waals surface area contributed by atoms with E-state index in [2.05, 4.69) is 29.6 Å². The summed E-state index contributed by atoms with van der Waals surface area (Å²) in [6.07, 6.45) is 7.57. The highest BCUT2D eigenvalue weighted by atomic mass is 35.5. The second-order valence-electron chi connectivity index (χ2n) is 6.59. The average molecular weight is 323 g/mol. The van der Waals surface area contributed by atoms with E-state index in [0.717, 1.165) is 25.7 Å². The van der Waals surface area contributed by atoms with Crippen molar-refractivity contribution in [2.75, 3.05) is 6.54 Å². The van der Waals surface area contributed by atoms with E-state index >= 15 is 0 Å². The van der Waals surface area contributed by atoms with Crippen LogP contribution in [-0.4, -0.2) is 18.5 Å². The van der Waals surface area contributed by atoms with E-state index in [9.17, 15) is 4.79 Å². The summed E-state index contributed by atoms with van der Waals surface area (Å²) in [4.78, 5) is 12.4. The van der Waals surface area contributed by atoms with Crippen LogP contribution in [0.2, 0.25) is 0 Å². The lowest BCUT2D eigenvalue weighted by atomic mass is 9.81. The van der Waals surface area contributed by atoms with Crippen molar-refractivity contribution in [3.8, 4) is 0 Å². The number of nitrogens with one attached hydrogen (secondary N) is 1. The maximum absolute atomic E-state index is 12.4. The van der Waals surface area contributed by atoms with Gasteiger partial charge in [-0.3, -0.25) is 4.79 Å². The summed E-state index contributed by atoms with van der Waals surface area (Å²) in [6, 6.07) is 8.91. The lowest BCUT2D eigenvalue weighted by Crippen LogP contribution is -2.40. The highest BCUT2D eigenvalue weighted by molar-refractivity contribution is 5.85. The Bertz CT molecular complexity index is 506. The van der Waals surface area contributed by atoms with Gasteiger partial charge in [-0.25, -0.2) is 0 Å². The molecule has 0 heterocycles. The van der Waals surface area contributed by atoms with E-state index in [1.54, 1.807) is 0 Å². The van der Waals surface area contributed by atoms with Gasteiger partial charge in [-0.05, 0) is 61.6 Å². The quantitative estimate of drug-likeness (QED) is 0.894. The number of rotatable bonds is 4. The molecule has 1 amide bonds. The van der Waals surface area contributed by atoms with E-state index in [0.29, 0.717) is 30.8 Å². The fourth-order valence-corrected chi connectivity index (χ4v) is 4.07. The van der Waals surface area contributed by atoms with Crippen molar-refractivity contribution in [1.82, 2.24) is 5.32 Å². The number of fused-ring (bicyclic) bond motifs is 1. The summed E-state index contributed by atoms with van der Waals surface area (Å²) in [7, 11) is 0. The van der Waals surface area contributed by atoms with E-state index < -0.39 is 0 Å². The van der Waals surface area contributed by atoms with Crippen molar-refractivity contribution < 1.29 is 4.79 Å². The average Bonchev–Trinajstić information content (AvgIpc) is 2.94. The number of benzene rings is 1. The molecule has 122 valence electrons. The number of hydrogen-bond acceptors (Lipinski definition) is 2. The lowest BCUT2D eigenvalue weighted by molar-refractivity contribution is -0.122. The Morgan fingerprint density at radius 3 is 2.82 bits per heavy atom. The number of nitrogens with two attached hydrogens (primary N) is 1. The molecule has 0 saturated heterocycles. The molecule has 2 aliphatic carbocycles. The zero-order valence-corrected chi connectivity index (χ0v) is 13.9. The van der Waals surface area contributed by atoms with Crippen LogP contribution in [0.3, 0.4) is 0 Å². The number of aryl methyl sites for hydroxylation is 1. The molecule has 3 rings (SSSR count). The molecule has 3 atom stereocenters. The zero-order valence-electron chi connectivity index (χ0n) is 13.1. The number of carbonyl (C=O) groups is 1. The van der Waals surface area contributed by atoms with Crippen LogP contribution in [0.1, 0.15) is 55.6 Å². The minimum atomic E-state index is 0. The Kier molecular flexibility index (Phi) is 6.27. The van der Waals surface area contributed by atoms with E-state index in [1.807, 2.05) is 0 Å². The summed E-state index contributed by atoms with van der Waals surface area (Å²) >= 11 is 0. The molecule has 0 spiro atoms. The zero-order chi connectivity index (χ0) is 14.7. The molecule has 3 nitrogen and oxygen atoms in total. The molecule has 2 aliphatic rings. The van der Waals surface area contributed by atoms with Gasteiger partial charge >= 0.3 is 0 Å². The maximum Gasteiger partial charge on any atom is 0.220 e. The molecule has 0 radical (unpaired) electrons. The third-order valence-electron chi connectivity index (χ3n) is 5.23. The summed E-state index contributed by atoms with van der Waals surface area (Å²) in [5, 5.41) is 3.24. The fraction of sp³-hybridized carbons (Fsp3) is 0.611. The Labute approximate surface area is 139 Å². The summed E-state index contributed by atoms with van der Waals surface area (Å²) < 4.78 is 0. The van der Waals surface area contributed by atoms with Gasteiger partial charge in [-0.15, -0.1) is 12.4 Å². The van der Waals surface area contributed by atoms with Crippen LogP contribution in [0.25, 0.3) is 0 Å². The molecule has 1 aromatic carbocycles. The van der Waals surface area contributed by atoms with Crippen molar-refractivity contribution in [3.05, 3.63) is 35.4 Å². The molecule has 3 N–H and O–H groups in total. The highest BCUT2D eigenvalue weighted by Gasteiger charge is 2.29. The Morgan fingerprint density at radius 1 is 1.18 bits per heavy atom. The van der Waals surface area contributed by atoms with E-state index in [4.69, 9.17) is 5.73 Å². The molecule has 1 fully saturated rings. The second-order valence-corrected chi connectivity index (χ2v) is 6.59. The van der Waals surface area contributed by atoms with Crippen LogP contribution >= 0.6 is 12.4 Å². The summed E-state index contributed by atoms with van der Waals surface area (Å²) in [5.74, 6) is 1.09. The van der Waals surface area contributed by atoms with Gasteiger partial charge in [0.25, 0.3) is 0 Å². The standard InChI is InChI=1S/C18H26N2O.ClH/c19-12-15-8-4-10-17(15)20-18(21)11-14-7-3-6-13-5-1-2-9-16(13)14;/h1-2,5,9,14-15,17H,3-4,6-8,10-12,19H2,(H,20,21);1H. The third-order valence-corrected chi connectivity index (χ3v) is 5.23. The van der Waals surface area contributed by atoms with Gasteiger partial charge in [0.05, 0.1) is 0 Å². The number of halogens is 1. The monoisotopic (exact) mass is 322 g/mol. The Hall–Kier alpha value is -1.06. The molecule has 0 bridgehead atoms. The third kappa shape index (κ3) is 3.82. The maximum atomic E-state index is 12.4. The van der Waals surface area contributed by atoms with Crippen LogP contribution in [0.5, 0.6) is 0 Å². The first-order valence-corrected chi connectivity index (χ1v) is 8.35. The Morgan fingerprint density at radius 2 is 2.00 bits per heavy atom. The van der Waals surface area contributed by atoms with Gasteiger partial charge in [-0.2, -0.15) is 0 Å². The first-order valence-electron chi connectivity index (χ1n) is 8.35. The minimum absolute atomic E-state index is 0. The Balaban J connectivity index is 0.00000176. The van der Waals surface area contributed by atoms with Crippen LogP contribution in [0.4, 0.5) is 0 Å². The molecule has 3 unspecified atom stereocenters. The van der Waals surface area contributed by atoms with Crippen molar-refractivity contribution in [2.45, 2.75) is 56.9 Å². The molecular formula is C18H27ClN2O. The van der Waals surface area contributed by atoms with Gasteiger partial charge < -0.3 is 11.1 Å². The van der Waals surface area contributed by atoms with Crippen LogP contribution in [0.15, 0.2) is 24.3 Å². The fourth-order valence-electron chi connectivity index (χ4n) is 4.07. The van der Waals surface area contributed by atoms with Crippen molar-refractivity contribution >= 4 is 18.3 Å². The number of hydrogen-bond donors (Lipinski definition) is 2. The van der Waals surface area contributed by atoms with Gasteiger partial charge in [0.2, 0.25) is 5.91 Å². The SMILES string of the molecule is Cl.NCC1CCCC1NC(=O)CC1CCCc2ccccc21. The van der Waals surface area contributed by atoms with Crippen LogP contribution < -0.4 is 11.1 Å². The molecule has 4 heteroatoms. The molecule has 1 saturated carbocycles. The number of amides is 1. The van der Waals surface area contributed by atoms with E-state index in [-0.39, 0.29) is 18.3 Å². The van der Waals surface area contributed by atoms with Gasteiger partial charge in [0.1, 0.15) is 0 Å². The largest absolute Gasteiger partial charge is 0.353 e. The number of carbonyl (C=O) groups excluding carboxylic acids is 1. The predicted octanol–water partition coefficient (Wildman–Crippen LogP) is 3.16. The second kappa shape index (κ2) is 7.98. The molecule has 0 aliphatic heterocycles.